The molecule has 0 aromatic heterocycles. The molecule has 1 atom stereocenters. The molecule has 2 fully saturated rings. The quantitative estimate of drug-likeness (QED) is 0.813. The number of hydrogen-bond acceptors (Lipinski definition) is 4. The lowest BCUT2D eigenvalue weighted by Gasteiger charge is -2.44. The van der Waals surface area contributed by atoms with Crippen LogP contribution in [-0.4, -0.2) is 68.3 Å². The van der Waals surface area contributed by atoms with E-state index in [2.05, 4.69) is 23.6 Å². The summed E-state index contributed by atoms with van der Waals surface area (Å²) in [5.74, 6) is 0. The number of ether oxygens (including phenoxy) is 1. The molecule has 2 heterocycles. The van der Waals surface area contributed by atoms with Crippen LogP contribution in [0.25, 0.3) is 0 Å². The molecule has 4 nitrogen and oxygen atoms in total. The maximum absolute atomic E-state index is 6.06. The fourth-order valence-corrected chi connectivity index (χ4v) is 3.33. The van der Waals surface area contributed by atoms with Crippen molar-refractivity contribution >= 4 is 0 Å². The van der Waals surface area contributed by atoms with Crippen LogP contribution in [0.15, 0.2) is 0 Å². The summed E-state index contributed by atoms with van der Waals surface area (Å²) in [4.78, 5) is 5.24. The van der Waals surface area contributed by atoms with Gasteiger partial charge in [0, 0.05) is 52.0 Å². The zero-order valence-electron chi connectivity index (χ0n) is 12.7. The molecule has 0 aliphatic carbocycles. The fourth-order valence-electron chi connectivity index (χ4n) is 3.33. The van der Waals surface area contributed by atoms with Gasteiger partial charge in [-0.1, -0.05) is 6.92 Å². The van der Waals surface area contributed by atoms with Crippen molar-refractivity contribution < 1.29 is 4.74 Å². The van der Waals surface area contributed by atoms with Gasteiger partial charge in [-0.3, -0.25) is 4.90 Å². The van der Waals surface area contributed by atoms with Gasteiger partial charge in [-0.05, 0) is 38.1 Å². The number of hydrogen-bond donors (Lipinski definition) is 1. The van der Waals surface area contributed by atoms with Gasteiger partial charge in [-0.25, -0.2) is 0 Å². The average molecular weight is 269 g/mol. The largest absolute Gasteiger partial charge is 0.381 e. The number of piperazine rings is 1. The van der Waals surface area contributed by atoms with Gasteiger partial charge in [0.05, 0.1) is 0 Å². The summed E-state index contributed by atoms with van der Waals surface area (Å²) in [5, 5.41) is 0. The Bertz CT molecular complexity index is 258. The molecule has 2 rings (SSSR count). The Labute approximate surface area is 118 Å². The summed E-state index contributed by atoms with van der Waals surface area (Å²) in [5.41, 5.74) is 6.38. The zero-order valence-corrected chi connectivity index (χ0v) is 12.7. The van der Waals surface area contributed by atoms with Gasteiger partial charge in [-0.2, -0.15) is 0 Å². The van der Waals surface area contributed by atoms with Crippen molar-refractivity contribution in [2.24, 2.45) is 11.1 Å². The smallest absolute Gasteiger partial charge is 0.0472 e. The topological polar surface area (TPSA) is 41.7 Å². The Balaban J connectivity index is 1.81. The summed E-state index contributed by atoms with van der Waals surface area (Å²) in [7, 11) is 0. The highest BCUT2D eigenvalue weighted by atomic mass is 16.5. The van der Waals surface area contributed by atoms with Crippen LogP contribution in [0.2, 0.25) is 0 Å². The minimum atomic E-state index is 0.316. The second kappa shape index (κ2) is 7.02. The number of rotatable bonds is 5. The van der Waals surface area contributed by atoms with Gasteiger partial charge >= 0.3 is 0 Å². The molecule has 0 amide bonds. The van der Waals surface area contributed by atoms with Crippen molar-refractivity contribution in [3.63, 3.8) is 0 Å². The molecule has 1 unspecified atom stereocenters. The van der Waals surface area contributed by atoms with Crippen LogP contribution in [0.5, 0.6) is 0 Å². The molecule has 2 aliphatic rings. The van der Waals surface area contributed by atoms with Gasteiger partial charge in [0.15, 0.2) is 0 Å². The van der Waals surface area contributed by atoms with Crippen molar-refractivity contribution in [2.75, 3.05) is 52.5 Å². The Kier molecular flexibility index (Phi) is 5.63. The highest BCUT2D eigenvalue weighted by Crippen LogP contribution is 2.30. The third-order valence-corrected chi connectivity index (χ3v) is 5.17. The number of nitrogens with zero attached hydrogens (tertiary/aromatic N) is 2. The monoisotopic (exact) mass is 269 g/mol. The second-order valence-corrected chi connectivity index (χ2v) is 6.39. The van der Waals surface area contributed by atoms with Crippen molar-refractivity contribution in [1.29, 1.82) is 0 Å². The number of nitrogens with two attached hydrogens (primary N) is 1. The highest BCUT2D eigenvalue weighted by molar-refractivity contribution is 4.88. The average Bonchev–Trinajstić information content (AvgIpc) is 2.48. The van der Waals surface area contributed by atoms with Crippen molar-refractivity contribution in [2.45, 2.75) is 39.2 Å². The normalized spacial score (nSPS) is 27.3. The summed E-state index contributed by atoms with van der Waals surface area (Å²) in [6.07, 6.45) is 3.52. The molecule has 2 N–H and O–H groups in total. The molecule has 112 valence electrons. The first-order chi connectivity index (χ1) is 9.19. The third-order valence-electron chi connectivity index (χ3n) is 5.17. The van der Waals surface area contributed by atoms with E-state index in [1.54, 1.807) is 0 Å². The van der Waals surface area contributed by atoms with Crippen molar-refractivity contribution in [1.82, 2.24) is 9.80 Å². The maximum atomic E-state index is 6.06. The van der Waals surface area contributed by atoms with Crippen molar-refractivity contribution in [3.05, 3.63) is 0 Å². The molecule has 4 heteroatoms. The van der Waals surface area contributed by atoms with E-state index in [9.17, 15) is 0 Å². The van der Waals surface area contributed by atoms with E-state index in [4.69, 9.17) is 10.5 Å². The van der Waals surface area contributed by atoms with Crippen LogP contribution in [-0.2, 0) is 4.74 Å². The van der Waals surface area contributed by atoms with Crippen LogP contribution in [0.4, 0.5) is 0 Å². The van der Waals surface area contributed by atoms with Gasteiger partial charge in [-0.15, -0.1) is 0 Å². The summed E-state index contributed by atoms with van der Waals surface area (Å²) < 4.78 is 5.50. The molecule has 19 heavy (non-hydrogen) atoms. The van der Waals surface area contributed by atoms with Crippen molar-refractivity contribution in [3.8, 4) is 0 Å². The summed E-state index contributed by atoms with van der Waals surface area (Å²) in [6, 6.07) is 0.730. The van der Waals surface area contributed by atoms with E-state index >= 15 is 0 Å². The molecule has 0 bridgehead atoms. The van der Waals surface area contributed by atoms with E-state index in [-0.39, 0.29) is 0 Å². The van der Waals surface area contributed by atoms with Crippen LogP contribution >= 0.6 is 0 Å². The Morgan fingerprint density at radius 1 is 1.16 bits per heavy atom. The molecule has 0 aromatic rings. The Hall–Kier alpha value is -0.160. The molecular formula is C15H31N3O. The molecular weight excluding hydrogens is 238 g/mol. The Morgan fingerprint density at radius 3 is 2.32 bits per heavy atom. The lowest BCUT2D eigenvalue weighted by Crippen LogP contribution is -2.54. The van der Waals surface area contributed by atoms with E-state index < -0.39 is 0 Å². The van der Waals surface area contributed by atoms with E-state index in [1.807, 2.05) is 0 Å². The fraction of sp³-hybridized carbons (Fsp3) is 1.00. The lowest BCUT2D eigenvalue weighted by molar-refractivity contribution is -0.0109. The molecule has 0 spiro atoms. The first-order valence-electron chi connectivity index (χ1n) is 7.93. The minimum Gasteiger partial charge on any atom is -0.381 e. The van der Waals surface area contributed by atoms with Gasteiger partial charge < -0.3 is 15.4 Å². The minimum absolute atomic E-state index is 0.316. The highest BCUT2D eigenvalue weighted by Gasteiger charge is 2.34. The molecule has 0 saturated carbocycles. The van der Waals surface area contributed by atoms with Gasteiger partial charge in [0.25, 0.3) is 0 Å². The predicted molar refractivity (Wildman–Crippen MR) is 79.3 cm³/mol. The zero-order chi connectivity index (χ0) is 13.7. The molecule has 0 radical (unpaired) electrons. The lowest BCUT2D eigenvalue weighted by atomic mass is 9.79. The first-order valence-corrected chi connectivity index (χ1v) is 7.93. The second-order valence-electron chi connectivity index (χ2n) is 6.39. The summed E-state index contributed by atoms with van der Waals surface area (Å²) in [6.45, 7) is 13.2. The third kappa shape index (κ3) is 3.91. The van der Waals surface area contributed by atoms with Gasteiger partial charge in [0.2, 0.25) is 0 Å². The Morgan fingerprint density at radius 2 is 1.79 bits per heavy atom. The van der Waals surface area contributed by atoms with Crippen LogP contribution in [0.1, 0.15) is 33.1 Å². The van der Waals surface area contributed by atoms with Crippen LogP contribution in [0, 0.1) is 5.41 Å². The van der Waals surface area contributed by atoms with Crippen LogP contribution < -0.4 is 5.73 Å². The predicted octanol–water partition coefficient (Wildman–Crippen LogP) is 1.16. The van der Waals surface area contributed by atoms with Gasteiger partial charge in [0.1, 0.15) is 0 Å². The molecule has 2 aliphatic heterocycles. The SMILES string of the molecule is CCC(C)N1CCN(CC2(CN)CCOCC2)CC1. The summed E-state index contributed by atoms with van der Waals surface area (Å²) >= 11 is 0. The van der Waals surface area contributed by atoms with E-state index in [0.717, 1.165) is 38.6 Å². The maximum Gasteiger partial charge on any atom is 0.0472 e. The standard InChI is InChI=1S/C15H31N3O/c1-3-14(2)18-8-6-17(7-9-18)13-15(12-16)4-10-19-11-5-15/h14H,3-13,16H2,1-2H3. The molecule has 0 aromatic carbocycles. The van der Waals surface area contributed by atoms with Crippen LogP contribution in [0.3, 0.4) is 0 Å². The first kappa shape index (κ1) is 15.2. The molecule has 2 saturated heterocycles. The van der Waals surface area contributed by atoms with E-state index in [1.165, 1.54) is 39.1 Å². The van der Waals surface area contributed by atoms with E-state index in [0.29, 0.717) is 5.41 Å².